The van der Waals surface area contributed by atoms with Crippen molar-refractivity contribution in [2.24, 2.45) is 0 Å². The van der Waals surface area contributed by atoms with E-state index in [9.17, 15) is 0 Å². The lowest BCUT2D eigenvalue weighted by Crippen LogP contribution is -2.07. The number of aromatic nitrogens is 2. The Kier molecular flexibility index (Phi) is 3.14. The highest BCUT2D eigenvalue weighted by molar-refractivity contribution is 7.12. The number of hydrogen-bond donors (Lipinski definition) is 3. The molecule has 2 aromatic heterocycles. The number of nitrogens with one attached hydrogen (secondary N) is 2. The van der Waals surface area contributed by atoms with Gasteiger partial charge in [-0.3, -0.25) is 0 Å². The molecule has 0 fully saturated rings. The molecule has 0 saturated carbocycles. The van der Waals surface area contributed by atoms with Crippen LogP contribution < -0.4 is 11.1 Å². The molecule has 0 aliphatic heterocycles. The average molecular weight is 286 g/mol. The maximum absolute atomic E-state index is 5.78. The van der Waals surface area contributed by atoms with Crippen LogP contribution in [0.3, 0.4) is 0 Å². The van der Waals surface area contributed by atoms with Crippen molar-refractivity contribution in [3.63, 3.8) is 0 Å². The molecule has 4 nitrogen and oxygen atoms in total. The van der Waals surface area contributed by atoms with E-state index in [4.69, 9.17) is 5.73 Å². The molecule has 1 unspecified atom stereocenters. The van der Waals surface area contributed by atoms with Crippen molar-refractivity contribution in [1.29, 1.82) is 0 Å². The number of nitrogens with two attached hydrogens (primary N) is 1. The number of fused-ring (bicyclic) bond motifs is 1. The van der Waals surface area contributed by atoms with Gasteiger partial charge in [0.05, 0.1) is 17.1 Å². The molecule has 0 saturated heterocycles. The second-order valence-electron chi connectivity index (χ2n) is 5.10. The Morgan fingerprint density at radius 1 is 1.30 bits per heavy atom. The summed E-state index contributed by atoms with van der Waals surface area (Å²) in [5.74, 6) is 0.779. The minimum Gasteiger partial charge on any atom is -0.399 e. The van der Waals surface area contributed by atoms with Gasteiger partial charge in [-0.25, -0.2) is 4.98 Å². The van der Waals surface area contributed by atoms with Crippen LogP contribution in [0, 0.1) is 13.8 Å². The van der Waals surface area contributed by atoms with Crippen molar-refractivity contribution < 1.29 is 0 Å². The first kappa shape index (κ1) is 13.0. The number of H-pyrrole nitrogens is 1. The third-order valence-electron chi connectivity index (χ3n) is 3.41. The van der Waals surface area contributed by atoms with Crippen LogP contribution in [0.15, 0.2) is 24.3 Å². The normalized spacial score (nSPS) is 12.8. The number of nitrogen functional groups attached to an aromatic ring is 1. The molecule has 0 aliphatic carbocycles. The molecule has 2 heterocycles. The molecule has 1 atom stereocenters. The second-order valence-corrected chi connectivity index (χ2v) is 6.56. The molecule has 4 N–H and O–H groups in total. The van der Waals surface area contributed by atoms with Gasteiger partial charge < -0.3 is 16.0 Å². The fourth-order valence-electron chi connectivity index (χ4n) is 2.46. The standard InChI is InChI=1S/C15H18N4S/c1-8-6-12(10(3)20-8)9(2)17-15-18-13-5-4-11(16)7-14(13)19-15/h4-7,9H,16H2,1-3H3,(H2,17,18,19). The molecule has 3 aromatic rings. The predicted molar refractivity (Wildman–Crippen MR) is 86.3 cm³/mol. The van der Waals surface area contributed by atoms with Gasteiger partial charge in [0.15, 0.2) is 0 Å². The van der Waals surface area contributed by atoms with Crippen LogP contribution in [0.5, 0.6) is 0 Å². The summed E-state index contributed by atoms with van der Waals surface area (Å²) in [6, 6.07) is 8.15. The summed E-state index contributed by atoms with van der Waals surface area (Å²) in [7, 11) is 0. The Morgan fingerprint density at radius 3 is 2.80 bits per heavy atom. The molecule has 1 aromatic carbocycles. The van der Waals surface area contributed by atoms with Gasteiger partial charge in [-0.15, -0.1) is 11.3 Å². The Hall–Kier alpha value is -2.01. The molecule has 0 bridgehead atoms. The number of thiophene rings is 1. The van der Waals surface area contributed by atoms with E-state index >= 15 is 0 Å². The van der Waals surface area contributed by atoms with E-state index in [1.165, 1.54) is 15.3 Å². The summed E-state index contributed by atoms with van der Waals surface area (Å²) in [4.78, 5) is 10.5. The molecule has 0 spiro atoms. The van der Waals surface area contributed by atoms with Gasteiger partial charge in [0.1, 0.15) is 0 Å². The van der Waals surface area contributed by atoms with Crippen molar-refractivity contribution in [3.05, 3.63) is 39.6 Å². The van der Waals surface area contributed by atoms with Crippen molar-refractivity contribution in [2.45, 2.75) is 26.8 Å². The van der Waals surface area contributed by atoms with Crippen LogP contribution in [-0.2, 0) is 0 Å². The van der Waals surface area contributed by atoms with Crippen LogP contribution in [0.1, 0.15) is 28.3 Å². The maximum Gasteiger partial charge on any atom is 0.201 e. The molecular formula is C15H18N4S. The number of benzene rings is 1. The second kappa shape index (κ2) is 4.83. The van der Waals surface area contributed by atoms with Crippen LogP contribution >= 0.6 is 11.3 Å². The number of anilines is 2. The van der Waals surface area contributed by atoms with Gasteiger partial charge in [0, 0.05) is 15.4 Å². The summed E-state index contributed by atoms with van der Waals surface area (Å²) >= 11 is 1.83. The topological polar surface area (TPSA) is 66.7 Å². The number of aryl methyl sites for hydroxylation is 2. The Balaban J connectivity index is 1.87. The minimum atomic E-state index is 0.220. The van der Waals surface area contributed by atoms with Crippen molar-refractivity contribution in [2.75, 3.05) is 11.1 Å². The van der Waals surface area contributed by atoms with Crippen LogP contribution in [0.4, 0.5) is 11.6 Å². The first-order valence-electron chi connectivity index (χ1n) is 6.61. The molecule has 104 valence electrons. The molecule has 0 amide bonds. The maximum atomic E-state index is 5.78. The summed E-state index contributed by atoms with van der Waals surface area (Å²) in [6.07, 6.45) is 0. The number of hydrogen-bond acceptors (Lipinski definition) is 4. The monoisotopic (exact) mass is 286 g/mol. The van der Waals surface area contributed by atoms with Crippen molar-refractivity contribution in [1.82, 2.24) is 9.97 Å². The smallest absolute Gasteiger partial charge is 0.201 e. The molecule has 20 heavy (non-hydrogen) atoms. The number of rotatable bonds is 3. The van der Waals surface area contributed by atoms with Gasteiger partial charge in [0.25, 0.3) is 0 Å². The largest absolute Gasteiger partial charge is 0.399 e. The SMILES string of the molecule is Cc1cc(C(C)Nc2nc3ccc(N)cc3[nH]2)c(C)s1. The van der Waals surface area contributed by atoms with E-state index in [0.717, 1.165) is 22.7 Å². The Bertz CT molecular complexity index is 756. The van der Waals surface area contributed by atoms with Crippen LogP contribution in [0.2, 0.25) is 0 Å². The van der Waals surface area contributed by atoms with Gasteiger partial charge in [-0.2, -0.15) is 0 Å². The quantitative estimate of drug-likeness (QED) is 0.638. The first-order valence-corrected chi connectivity index (χ1v) is 7.43. The van der Waals surface area contributed by atoms with Crippen molar-refractivity contribution in [3.8, 4) is 0 Å². The zero-order valence-electron chi connectivity index (χ0n) is 11.8. The lowest BCUT2D eigenvalue weighted by molar-refractivity contribution is 0.866. The number of imidazole rings is 1. The van der Waals surface area contributed by atoms with E-state index in [1.807, 2.05) is 29.5 Å². The minimum absolute atomic E-state index is 0.220. The van der Waals surface area contributed by atoms with Gasteiger partial charge >= 0.3 is 0 Å². The summed E-state index contributed by atoms with van der Waals surface area (Å²) in [5, 5.41) is 3.42. The molecular weight excluding hydrogens is 268 g/mol. The van der Waals surface area contributed by atoms with Gasteiger partial charge in [-0.05, 0) is 50.6 Å². The lowest BCUT2D eigenvalue weighted by atomic mass is 10.1. The van der Waals surface area contributed by atoms with Gasteiger partial charge in [-0.1, -0.05) is 0 Å². The Morgan fingerprint density at radius 2 is 2.10 bits per heavy atom. The lowest BCUT2D eigenvalue weighted by Gasteiger charge is -2.12. The van der Waals surface area contributed by atoms with E-state index in [1.54, 1.807) is 0 Å². The first-order chi connectivity index (χ1) is 9.52. The number of aromatic amines is 1. The van der Waals surface area contributed by atoms with Crippen LogP contribution in [0.25, 0.3) is 11.0 Å². The molecule has 5 heteroatoms. The number of nitrogens with zero attached hydrogens (tertiary/aromatic N) is 1. The third-order valence-corrected chi connectivity index (χ3v) is 4.39. The average Bonchev–Trinajstić information content (AvgIpc) is 2.91. The molecule has 3 rings (SSSR count). The van der Waals surface area contributed by atoms with Gasteiger partial charge in [0.2, 0.25) is 5.95 Å². The van der Waals surface area contributed by atoms with Crippen molar-refractivity contribution >= 4 is 34.0 Å². The zero-order chi connectivity index (χ0) is 14.3. The fourth-order valence-corrected chi connectivity index (χ4v) is 3.48. The predicted octanol–water partition coefficient (Wildman–Crippen LogP) is 4.00. The summed E-state index contributed by atoms with van der Waals surface area (Å²) in [6.45, 7) is 6.44. The van der Waals surface area contributed by atoms with E-state index in [0.29, 0.717) is 0 Å². The van der Waals surface area contributed by atoms with E-state index in [2.05, 4.69) is 42.1 Å². The summed E-state index contributed by atoms with van der Waals surface area (Å²) in [5.41, 5.74) is 9.73. The summed E-state index contributed by atoms with van der Waals surface area (Å²) < 4.78 is 0. The molecule has 0 radical (unpaired) electrons. The zero-order valence-corrected chi connectivity index (χ0v) is 12.6. The molecule has 0 aliphatic rings. The van der Waals surface area contributed by atoms with E-state index in [-0.39, 0.29) is 6.04 Å². The van der Waals surface area contributed by atoms with E-state index < -0.39 is 0 Å². The van der Waals surface area contributed by atoms with Crippen LogP contribution in [-0.4, -0.2) is 9.97 Å². The fraction of sp³-hybridized carbons (Fsp3) is 0.267. The third kappa shape index (κ3) is 2.36. The highest BCUT2D eigenvalue weighted by atomic mass is 32.1. The highest BCUT2D eigenvalue weighted by Crippen LogP contribution is 2.28. The Labute approximate surface area is 122 Å². The highest BCUT2D eigenvalue weighted by Gasteiger charge is 2.13.